The van der Waals surface area contributed by atoms with Crippen LogP contribution in [0.4, 0.5) is 5.69 Å². The zero-order valence-electron chi connectivity index (χ0n) is 11.6. The summed E-state index contributed by atoms with van der Waals surface area (Å²) in [6.07, 6.45) is 0. The van der Waals surface area contributed by atoms with E-state index in [2.05, 4.69) is 10.5 Å². The number of aryl methyl sites for hydroxylation is 1. The molecule has 0 atom stereocenters. The summed E-state index contributed by atoms with van der Waals surface area (Å²) in [5, 5.41) is 21.0. The summed E-state index contributed by atoms with van der Waals surface area (Å²) < 4.78 is 0. The molecule has 0 bridgehead atoms. The zero-order valence-corrected chi connectivity index (χ0v) is 11.6. The van der Waals surface area contributed by atoms with Gasteiger partial charge in [-0.25, -0.2) is 0 Å². The van der Waals surface area contributed by atoms with Crippen LogP contribution in [-0.2, 0) is 0 Å². The van der Waals surface area contributed by atoms with E-state index in [0.29, 0.717) is 13.1 Å². The van der Waals surface area contributed by atoms with Crippen LogP contribution in [0.15, 0.2) is 29.4 Å². The van der Waals surface area contributed by atoms with Gasteiger partial charge in [-0.15, -0.1) is 0 Å². The summed E-state index contributed by atoms with van der Waals surface area (Å²) in [4.78, 5) is 1.78. The molecule has 0 aliphatic rings. The molecule has 1 aromatic rings. The third kappa shape index (κ3) is 4.11. The summed E-state index contributed by atoms with van der Waals surface area (Å²) in [5.41, 5.74) is 4.85. The Balaban J connectivity index is 2.80. The van der Waals surface area contributed by atoms with Crippen LogP contribution >= 0.6 is 0 Å². The first-order chi connectivity index (χ1) is 9.12. The van der Waals surface area contributed by atoms with Gasteiger partial charge in [0.1, 0.15) is 6.07 Å². The summed E-state index contributed by atoms with van der Waals surface area (Å²) >= 11 is 0. The minimum atomic E-state index is 0.0873. The Kier molecular flexibility index (Phi) is 5.55. The van der Waals surface area contributed by atoms with Crippen LogP contribution in [0.3, 0.4) is 0 Å². The molecule has 0 amide bonds. The minimum Gasteiger partial charge on any atom is -0.355 e. The lowest BCUT2D eigenvalue weighted by molar-refractivity contribution is 0.468. The average Bonchev–Trinajstić information content (AvgIpc) is 2.43. The number of hydrogen-bond donors (Lipinski definition) is 2. The van der Waals surface area contributed by atoms with E-state index in [-0.39, 0.29) is 11.5 Å². The molecule has 1 rings (SSSR count). The Labute approximate surface area is 114 Å². The monoisotopic (exact) mass is 257 g/mol. The maximum atomic E-state index is 9.07. The molecule has 0 saturated heterocycles. The van der Waals surface area contributed by atoms with Gasteiger partial charge < -0.3 is 4.90 Å². The Hall–Kier alpha value is -2.35. The van der Waals surface area contributed by atoms with Crippen molar-refractivity contribution in [3.8, 4) is 6.07 Å². The van der Waals surface area contributed by atoms with E-state index >= 15 is 0 Å². The van der Waals surface area contributed by atoms with Gasteiger partial charge in [0.15, 0.2) is 5.84 Å². The Morgan fingerprint density at radius 3 is 2.37 bits per heavy atom. The average molecular weight is 257 g/mol. The highest BCUT2D eigenvalue weighted by molar-refractivity contribution is 6.46. The largest absolute Gasteiger partial charge is 0.355 e. The van der Waals surface area contributed by atoms with Gasteiger partial charge in [-0.2, -0.15) is 10.4 Å². The number of rotatable bonds is 5. The van der Waals surface area contributed by atoms with E-state index < -0.39 is 0 Å². The highest BCUT2D eigenvalue weighted by Crippen LogP contribution is 2.08. The van der Waals surface area contributed by atoms with Gasteiger partial charge in [0, 0.05) is 13.1 Å². The fraction of sp³-hybridized carbons (Fsp3) is 0.357. The van der Waals surface area contributed by atoms with Crippen molar-refractivity contribution in [2.75, 3.05) is 18.5 Å². The summed E-state index contributed by atoms with van der Waals surface area (Å²) in [7, 11) is 0. The second-order valence-corrected chi connectivity index (χ2v) is 4.07. The Bertz CT molecular complexity index is 492. The van der Waals surface area contributed by atoms with Crippen LogP contribution in [0.5, 0.6) is 0 Å². The first kappa shape index (κ1) is 14.7. The minimum absolute atomic E-state index is 0.0873. The number of nitrogens with one attached hydrogen (secondary N) is 2. The number of nitrogens with zero attached hydrogens (tertiary/aromatic N) is 3. The van der Waals surface area contributed by atoms with E-state index in [1.807, 2.05) is 51.1 Å². The molecule has 2 N–H and O–H groups in total. The van der Waals surface area contributed by atoms with Crippen LogP contribution in [0.2, 0.25) is 0 Å². The molecule has 5 nitrogen and oxygen atoms in total. The van der Waals surface area contributed by atoms with E-state index in [1.54, 1.807) is 4.90 Å². The molecule has 0 heterocycles. The number of anilines is 1. The van der Waals surface area contributed by atoms with Crippen molar-refractivity contribution in [2.24, 2.45) is 5.10 Å². The molecule has 0 spiro atoms. The third-order valence-corrected chi connectivity index (χ3v) is 2.76. The quantitative estimate of drug-likeness (QED) is 0.483. The molecule has 5 heteroatoms. The van der Waals surface area contributed by atoms with E-state index in [0.717, 1.165) is 11.3 Å². The van der Waals surface area contributed by atoms with Crippen molar-refractivity contribution in [1.29, 1.82) is 10.7 Å². The molecule has 0 aliphatic carbocycles. The van der Waals surface area contributed by atoms with E-state index in [9.17, 15) is 0 Å². The standard InChI is InChI=1S/C14H19N5/c1-4-19(5-2)14(16)13(10-15)18-17-12-8-6-11(3)7-9-12/h6-9,16-17H,4-5H2,1-3H3. The molecular weight excluding hydrogens is 238 g/mol. The maximum Gasteiger partial charge on any atom is 0.202 e. The number of amidine groups is 1. The maximum absolute atomic E-state index is 9.07. The molecule has 0 unspecified atom stereocenters. The fourth-order valence-corrected chi connectivity index (χ4v) is 1.57. The van der Waals surface area contributed by atoms with Crippen molar-refractivity contribution in [3.05, 3.63) is 29.8 Å². The van der Waals surface area contributed by atoms with Crippen molar-refractivity contribution in [2.45, 2.75) is 20.8 Å². The highest BCUT2D eigenvalue weighted by Gasteiger charge is 2.12. The summed E-state index contributed by atoms with van der Waals surface area (Å²) in [6.45, 7) is 7.26. The predicted molar refractivity (Wildman–Crippen MR) is 78.5 cm³/mol. The Morgan fingerprint density at radius 1 is 1.32 bits per heavy atom. The van der Waals surface area contributed by atoms with Gasteiger partial charge in [-0.1, -0.05) is 17.7 Å². The number of benzene rings is 1. The van der Waals surface area contributed by atoms with Crippen LogP contribution in [0, 0.1) is 23.7 Å². The number of hydrogen-bond acceptors (Lipinski definition) is 4. The predicted octanol–water partition coefficient (Wildman–Crippen LogP) is 2.61. The van der Waals surface area contributed by atoms with Gasteiger partial charge in [0.05, 0.1) is 5.69 Å². The van der Waals surface area contributed by atoms with Gasteiger partial charge in [-0.3, -0.25) is 10.8 Å². The SMILES string of the molecule is CCN(CC)C(=N)C(C#N)=NNc1ccc(C)cc1. The molecule has 0 saturated carbocycles. The first-order valence-electron chi connectivity index (χ1n) is 6.26. The molecule has 100 valence electrons. The smallest absolute Gasteiger partial charge is 0.202 e. The van der Waals surface area contributed by atoms with E-state index in [4.69, 9.17) is 10.7 Å². The third-order valence-electron chi connectivity index (χ3n) is 2.76. The Morgan fingerprint density at radius 2 is 1.89 bits per heavy atom. The molecule has 0 aliphatic heterocycles. The lowest BCUT2D eigenvalue weighted by Gasteiger charge is -2.19. The molecule has 19 heavy (non-hydrogen) atoms. The van der Waals surface area contributed by atoms with Crippen molar-refractivity contribution in [3.63, 3.8) is 0 Å². The van der Waals surface area contributed by atoms with Gasteiger partial charge >= 0.3 is 0 Å². The second kappa shape index (κ2) is 7.17. The van der Waals surface area contributed by atoms with Crippen molar-refractivity contribution < 1.29 is 0 Å². The highest BCUT2D eigenvalue weighted by atomic mass is 15.3. The number of nitriles is 1. The molecule has 0 aromatic heterocycles. The first-order valence-corrected chi connectivity index (χ1v) is 6.26. The molecule has 0 fully saturated rings. The van der Waals surface area contributed by atoms with Crippen molar-refractivity contribution in [1.82, 2.24) is 4.90 Å². The van der Waals surface area contributed by atoms with Crippen LogP contribution in [0.25, 0.3) is 0 Å². The van der Waals surface area contributed by atoms with Gasteiger partial charge in [-0.05, 0) is 32.9 Å². The van der Waals surface area contributed by atoms with Crippen molar-refractivity contribution >= 4 is 17.2 Å². The zero-order chi connectivity index (χ0) is 14.3. The molecule has 0 radical (unpaired) electrons. The van der Waals surface area contributed by atoms with Crippen LogP contribution < -0.4 is 5.43 Å². The fourth-order valence-electron chi connectivity index (χ4n) is 1.57. The lowest BCUT2D eigenvalue weighted by Crippen LogP contribution is -2.35. The van der Waals surface area contributed by atoms with Gasteiger partial charge in [0.2, 0.25) is 5.71 Å². The van der Waals surface area contributed by atoms with E-state index in [1.165, 1.54) is 0 Å². The van der Waals surface area contributed by atoms with Crippen LogP contribution in [0.1, 0.15) is 19.4 Å². The van der Waals surface area contributed by atoms with Crippen LogP contribution in [-0.4, -0.2) is 29.5 Å². The topological polar surface area (TPSA) is 75.3 Å². The summed E-state index contributed by atoms with van der Waals surface area (Å²) in [5.74, 6) is 0.145. The second-order valence-electron chi connectivity index (χ2n) is 4.07. The van der Waals surface area contributed by atoms with Gasteiger partial charge in [0.25, 0.3) is 0 Å². The molecule has 1 aromatic carbocycles. The number of hydrazone groups is 1. The molecular formula is C14H19N5. The summed E-state index contributed by atoms with van der Waals surface area (Å²) in [6, 6.07) is 9.64. The lowest BCUT2D eigenvalue weighted by atomic mass is 10.2. The normalized spacial score (nSPS) is 10.7.